The standard InChI is InChI=1S/C17H28N2O2/c1-5-11-18-12-14-9-7-8-10-15(14)21-13-16(20)19-17(3,4)6-2/h7-10,18H,5-6,11-13H2,1-4H3,(H,19,20). The van der Waals surface area contributed by atoms with Crippen molar-refractivity contribution in [1.82, 2.24) is 10.6 Å². The van der Waals surface area contributed by atoms with Gasteiger partial charge in [0.2, 0.25) is 0 Å². The Morgan fingerprint density at radius 1 is 1.24 bits per heavy atom. The van der Waals surface area contributed by atoms with Crippen LogP contribution in [-0.4, -0.2) is 24.6 Å². The number of carbonyl (C=O) groups is 1. The Hall–Kier alpha value is -1.55. The van der Waals surface area contributed by atoms with Crippen molar-refractivity contribution in [1.29, 1.82) is 0 Å². The lowest BCUT2D eigenvalue weighted by molar-refractivity contribution is -0.124. The highest BCUT2D eigenvalue weighted by molar-refractivity contribution is 5.78. The first kappa shape index (κ1) is 17.5. The molecule has 0 unspecified atom stereocenters. The highest BCUT2D eigenvalue weighted by atomic mass is 16.5. The summed E-state index contributed by atoms with van der Waals surface area (Å²) in [4.78, 5) is 11.9. The van der Waals surface area contributed by atoms with E-state index in [4.69, 9.17) is 4.74 Å². The second-order valence-electron chi connectivity index (χ2n) is 5.86. The summed E-state index contributed by atoms with van der Waals surface area (Å²) in [7, 11) is 0. The summed E-state index contributed by atoms with van der Waals surface area (Å²) in [6.45, 7) is 9.98. The van der Waals surface area contributed by atoms with Crippen LogP contribution in [0.15, 0.2) is 24.3 Å². The lowest BCUT2D eigenvalue weighted by Gasteiger charge is -2.24. The van der Waals surface area contributed by atoms with Gasteiger partial charge in [0.1, 0.15) is 5.75 Å². The summed E-state index contributed by atoms with van der Waals surface area (Å²) in [6, 6.07) is 7.83. The third kappa shape index (κ3) is 6.63. The molecular formula is C17H28N2O2. The molecule has 21 heavy (non-hydrogen) atoms. The van der Waals surface area contributed by atoms with E-state index in [1.54, 1.807) is 0 Å². The fourth-order valence-corrected chi connectivity index (χ4v) is 1.84. The Bertz CT molecular complexity index is 444. The highest BCUT2D eigenvalue weighted by Crippen LogP contribution is 2.17. The van der Waals surface area contributed by atoms with Crippen LogP contribution in [0, 0.1) is 0 Å². The molecule has 1 aromatic carbocycles. The number of ether oxygens (including phenoxy) is 1. The molecule has 0 heterocycles. The van der Waals surface area contributed by atoms with Crippen LogP contribution in [-0.2, 0) is 11.3 Å². The molecule has 2 N–H and O–H groups in total. The molecule has 4 heteroatoms. The molecular weight excluding hydrogens is 264 g/mol. The molecule has 0 fully saturated rings. The van der Waals surface area contributed by atoms with E-state index in [0.717, 1.165) is 37.2 Å². The third-order valence-electron chi connectivity index (χ3n) is 3.44. The molecule has 118 valence electrons. The summed E-state index contributed by atoms with van der Waals surface area (Å²) in [5.41, 5.74) is 0.885. The second-order valence-corrected chi connectivity index (χ2v) is 5.86. The first-order valence-electron chi connectivity index (χ1n) is 7.71. The average Bonchev–Trinajstić information content (AvgIpc) is 2.46. The molecule has 1 amide bonds. The highest BCUT2D eigenvalue weighted by Gasteiger charge is 2.18. The van der Waals surface area contributed by atoms with E-state index in [1.165, 1.54) is 0 Å². The average molecular weight is 292 g/mol. The molecule has 0 bridgehead atoms. The lowest BCUT2D eigenvalue weighted by atomic mass is 10.0. The SMILES string of the molecule is CCCNCc1ccccc1OCC(=O)NC(C)(C)CC. The van der Waals surface area contributed by atoms with Gasteiger partial charge < -0.3 is 15.4 Å². The quantitative estimate of drug-likeness (QED) is 0.688. The number of para-hydroxylation sites is 1. The van der Waals surface area contributed by atoms with E-state index < -0.39 is 0 Å². The van der Waals surface area contributed by atoms with Gasteiger partial charge in [-0.1, -0.05) is 32.0 Å². The van der Waals surface area contributed by atoms with Gasteiger partial charge in [0.15, 0.2) is 6.61 Å². The lowest BCUT2D eigenvalue weighted by Crippen LogP contribution is -2.44. The van der Waals surface area contributed by atoms with Gasteiger partial charge in [0.25, 0.3) is 5.91 Å². The van der Waals surface area contributed by atoms with Crippen molar-refractivity contribution in [2.75, 3.05) is 13.2 Å². The van der Waals surface area contributed by atoms with Gasteiger partial charge in [-0.2, -0.15) is 0 Å². The van der Waals surface area contributed by atoms with Crippen LogP contribution in [0.5, 0.6) is 5.75 Å². The van der Waals surface area contributed by atoms with Crippen LogP contribution >= 0.6 is 0 Å². The molecule has 0 saturated carbocycles. The maximum Gasteiger partial charge on any atom is 0.258 e. The van der Waals surface area contributed by atoms with Crippen molar-refractivity contribution in [2.45, 2.75) is 52.6 Å². The Morgan fingerprint density at radius 2 is 1.95 bits per heavy atom. The number of hydrogen-bond acceptors (Lipinski definition) is 3. The molecule has 0 aromatic heterocycles. The van der Waals surface area contributed by atoms with Crippen LogP contribution in [0.1, 0.15) is 46.1 Å². The predicted molar refractivity (Wildman–Crippen MR) is 86.4 cm³/mol. The molecule has 0 spiro atoms. The van der Waals surface area contributed by atoms with Crippen molar-refractivity contribution >= 4 is 5.91 Å². The van der Waals surface area contributed by atoms with Crippen molar-refractivity contribution in [3.8, 4) is 5.75 Å². The van der Waals surface area contributed by atoms with E-state index in [-0.39, 0.29) is 18.1 Å². The molecule has 0 aliphatic rings. The van der Waals surface area contributed by atoms with Gasteiger partial charge in [-0.3, -0.25) is 4.79 Å². The van der Waals surface area contributed by atoms with Gasteiger partial charge in [-0.25, -0.2) is 0 Å². The van der Waals surface area contributed by atoms with Crippen LogP contribution in [0.25, 0.3) is 0 Å². The summed E-state index contributed by atoms with van der Waals surface area (Å²) in [6.07, 6.45) is 1.98. The van der Waals surface area contributed by atoms with Crippen molar-refractivity contribution in [2.24, 2.45) is 0 Å². The monoisotopic (exact) mass is 292 g/mol. The Labute approximate surface area is 128 Å². The van der Waals surface area contributed by atoms with Crippen molar-refractivity contribution in [3.05, 3.63) is 29.8 Å². The minimum atomic E-state index is -0.192. The molecule has 4 nitrogen and oxygen atoms in total. The van der Waals surface area contributed by atoms with E-state index in [9.17, 15) is 4.79 Å². The first-order valence-corrected chi connectivity index (χ1v) is 7.71. The fourth-order valence-electron chi connectivity index (χ4n) is 1.84. The summed E-state index contributed by atoms with van der Waals surface area (Å²) < 4.78 is 5.67. The summed E-state index contributed by atoms with van der Waals surface area (Å²) in [5.74, 6) is 0.684. The third-order valence-corrected chi connectivity index (χ3v) is 3.44. The number of nitrogens with one attached hydrogen (secondary N) is 2. The molecule has 0 atom stereocenters. The Morgan fingerprint density at radius 3 is 2.62 bits per heavy atom. The van der Waals surface area contributed by atoms with E-state index in [0.29, 0.717) is 0 Å². The van der Waals surface area contributed by atoms with E-state index in [2.05, 4.69) is 24.5 Å². The van der Waals surface area contributed by atoms with Crippen LogP contribution in [0.2, 0.25) is 0 Å². The van der Waals surface area contributed by atoms with E-state index >= 15 is 0 Å². The van der Waals surface area contributed by atoms with E-state index in [1.807, 2.05) is 38.1 Å². The van der Waals surface area contributed by atoms with Gasteiger partial charge in [0, 0.05) is 17.6 Å². The number of rotatable bonds is 9. The molecule has 0 aliphatic carbocycles. The van der Waals surface area contributed by atoms with Gasteiger partial charge in [-0.15, -0.1) is 0 Å². The zero-order chi connectivity index (χ0) is 15.7. The summed E-state index contributed by atoms with van der Waals surface area (Å²) >= 11 is 0. The number of amides is 1. The Balaban J connectivity index is 2.53. The van der Waals surface area contributed by atoms with Crippen molar-refractivity contribution < 1.29 is 9.53 Å². The van der Waals surface area contributed by atoms with Crippen LogP contribution in [0.3, 0.4) is 0 Å². The minimum absolute atomic E-state index is 0.0498. The molecule has 1 aromatic rings. The summed E-state index contributed by atoms with van der Waals surface area (Å²) in [5, 5.41) is 6.31. The first-order chi connectivity index (χ1) is 9.98. The van der Waals surface area contributed by atoms with Gasteiger partial charge in [-0.05, 0) is 39.3 Å². The molecule has 1 rings (SSSR count). The van der Waals surface area contributed by atoms with Crippen molar-refractivity contribution in [3.63, 3.8) is 0 Å². The minimum Gasteiger partial charge on any atom is -0.483 e. The number of benzene rings is 1. The molecule has 0 aliphatic heterocycles. The maximum absolute atomic E-state index is 11.9. The zero-order valence-corrected chi connectivity index (χ0v) is 13.7. The Kier molecular flexibility index (Phi) is 7.23. The number of hydrogen-bond donors (Lipinski definition) is 2. The largest absolute Gasteiger partial charge is 0.483 e. The second kappa shape index (κ2) is 8.67. The normalized spacial score (nSPS) is 11.2. The number of carbonyl (C=O) groups excluding carboxylic acids is 1. The van der Waals surface area contributed by atoms with Gasteiger partial charge >= 0.3 is 0 Å². The predicted octanol–water partition coefficient (Wildman–Crippen LogP) is 2.87. The zero-order valence-electron chi connectivity index (χ0n) is 13.7. The maximum atomic E-state index is 11.9. The van der Waals surface area contributed by atoms with Gasteiger partial charge in [0.05, 0.1) is 0 Å². The topological polar surface area (TPSA) is 50.4 Å². The molecule has 0 radical (unpaired) electrons. The van der Waals surface area contributed by atoms with Crippen LogP contribution in [0.4, 0.5) is 0 Å². The van der Waals surface area contributed by atoms with Crippen LogP contribution < -0.4 is 15.4 Å². The molecule has 0 saturated heterocycles. The fraction of sp³-hybridized carbons (Fsp3) is 0.588. The smallest absolute Gasteiger partial charge is 0.258 e.